The summed E-state index contributed by atoms with van der Waals surface area (Å²) < 4.78 is 9.93. The summed E-state index contributed by atoms with van der Waals surface area (Å²) in [5.74, 6) is 2.59. The standard InChI is InChI=1S/C10H16N2O3/c1-3-4-12-5-6-15-9(8-12)7-11-10(13)14-2/h1,9H,4-8H2,2H3,(H,11,13). The Bertz CT molecular complexity index is 250. The van der Waals surface area contributed by atoms with Crippen LogP contribution in [0.25, 0.3) is 0 Å². The van der Waals surface area contributed by atoms with Gasteiger partial charge in [-0.25, -0.2) is 4.79 Å². The minimum Gasteiger partial charge on any atom is -0.453 e. The van der Waals surface area contributed by atoms with E-state index in [0.717, 1.165) is 13.1 Å². The highest BCUT2D eigenvalue weighted by atomic mass is 16.5. The molecular weight excluding hydrogens is 196 g/mol. The van der Waals surface area contributed by atoms with E-state index in [2.05, 4.69) is 20.9 Å². The zero-order valence-electron chi connectivity index (χ0n) is 8.86. The molecule has 1 aliphatic rings. The van der Waals surface area contributed by atoms with Crippen LogP contribution in [0.2, 0.25) is 0 Å². The molecule has 1 N–H and O–H groups in total. The number of nitrogens with one attached hydrogen (secondary N) is 1. The molecule has 0 aliphatic carbocycles. The third-order valence-electron chi connectivity index (χ3n) is 2.20. The summed E-state index contributed by atoms with van der Waals surface area (Å²) in [6.07, 6.45) is 4.78. The maximum Gasteiger partial charge on any atom is 0.406 e. The summed E-state index contributed by atoms with van der Waals surface area (Å²) in [6.45, 7) is 3.31. The molecule has 0 spiro atoms. The zero-order chi connectivity index (χ0) is 11.1. The molecule has 1 saturated heterocycles. The van der Waals surface area contributed by atoms with Gasteiger partial charge in [-0.2, -0.15) is 0 Å². The monoisotopic (exact) mass is 212 g/mol. The van der Waals surface area contributed by atoms with E-state index in [-0.39, 0.29) is 6.10 Å². The summed E-state index contributed by atoms with van der Waals surface area (Å²) in [5, 5.41) is 2.60. The predicted octanol–water partition coefficient (Wildman–Crippen LogP) is -0.324. The van der Waals surface area contributed by atoms with Gasteiger partial charge in [0.15, 0.2) is 0 Å². The Kier molecular flexibility index (Phi) is 4.95. The van der Waals surface area contributed by atoms with Crippen LogP contribution in [-0.4, -0.2) is 57.0 Å². The molecule has 1 unspecified atom stereocenters. The second kappa shape index (κ2) is 6.27. The van der Waals surface area contributed by atoms with Gasteiger partial charge in [0.1, 0.15) is 0 Å². The normalized spacial score (nSPS) is 21.7. The van der Waals surface area contributed by atoms with Crippen molar-refractivity contribution in [3.05, 3.63) is 0 Å². The van der Waals surface area contributed by atoms with Crippen molar-refractivity contribution in [1.29, 1.82) is 0 Å². The summed E-state index contributed by atoms with van der Waals surface area (Å²) in [4.78, 5) is 12.9. The van der Waals surface area contributed by atoms with Crippen molar-refractivity contribution < 1.29 is 14.3 Å². The summed E-state index contributed by atoms with van der Waals surface area (Å²) in [5.41, 5.74) is 0. The molecule has 1 heterocycles. The quantitative estimate of drug-likeness (QED) is 0.651. The largest absolute Gasteiger partial charge is 0.453 e. The molecule has 1 rings (SSSR count). The Morgan fingerprint density at radius 1 is 1.80 bits per heavy atom. The van der Waals surface area contributed by atoms with E-state index in [1.807, 2.05) is 0 Å². The number of morpholine rings is 1. The van der Waals surface area contributed by atoms with Gasteiger partial charge >= 0.3 is 6.09 Å². The van der Waals surface area contributed by atoms with Gasteiger partial charge in [-0.3, -0.25) is 4.90 Å². The average molecular weight is 212 g/mol. The summed E-state index contributed by atoms with van der Waals surface area (Å²) in [7, 11) is 1.34. The van der Waals surface area contributed by atoms with Crippen LogP contribution in [0.5, 0.6) is 0 Å². The van der Waals surface area contributed by atoms with Gasteiger partial charge in [0.05, 0.1) is 26.4 Å². The molecule has 5 nitrogen and oxygen atoms in total. The van der Waals surface area contributed by atoms with Gasteiger partial charge < -0.3 is 14.8 Å². The van der Waals surface area contributed by atoms with Crippen LogP contribution >= 0.6 is 0 Å². The van der Waals surface area contributed by atoms with Gasteiger partial charge in [-0.15, -0.1) is 6.42 Å². The molecule has 0 bridgehead atoms. The molecule has 0 aromatic carbocycles. The third-order valence-corrected chi connectivity index (χ3v) is 2.20. The van der Waals surface area contributed by atoms with E-state index in [1.54, 1.807) is 0 Å². The van der Waals surface area contributed by atoms with E-state index in [9.17, 15) is 4.79 Å². The van der Waals surface area contributed by atoms with Crippen molar-refractivity contribution in [2.24, 2.45) is 0 Å². The average Bonchev–Trinajstić information content (AvgIpc) is 2.27. The molecule has 84 valence electrons. The van der Waals surface area contributed by atoms with Crippen LogP contribution in [0.3, 0.4) is 0 Å². The van der Waals surface area contributed by atoms with E-state index in [0.29, 0.717) is 19.7 Å². The molecule has 5 heteroatoms. The molecular formula is C10H16N2O3. The molecule has 1 amide bonds. The molecule has 1 aliphatic heterocycles. The number of carbonyl (C=O) groups excluding carboxylic acids is 1. The molecule has 0 aromatic heterocycles. The zero-order valence-corrected chi connectivity index (χ0v) is 8.86. The van der Waals surface area contributed by atoms with Crippen molar-refractivity contribution in [3.8, 4) is 12.3 Å². The number of rotatable bonds is 3. The fourth-order valence-electron chi connectivity index (χ4n) is 1.45. The molecule has 15 heavy (non-hydrogen) atoms. The first-order valence-corrected chi connectivity index (χ1v) is 4.85. The predicted molar refractivity (Wildman–Crippen MR) is 55.4 cm³/mol. The smallest absolute Gasteiger partial charge is 0.406 e. The highest BCUT2D eigenvalue weighted by Gasteiger charge is 2.20. The number of methoxy groups -OCH3 is 1. The molecule has 0 radical (unpaired) electrons. The number of ether oxygens (including phenoxy) is 2. The summed E-state index contributed by atoms with van der Waals surface area (Å²) >= 11 is 0. The fourth-order valence-corrected chi connectivity index (χ4v) is 1.45. The van der Waals surface area contributed by atoms with Crippen molar-refractivity contribution in [2.45, 2.75) is 6.10 Å². The number of nitrogens with zero attached hydrogens (tertiary/aromatic N) is 1. The van der Waals surface area contributed by atoms with Gasteiger partial charge in [0.2, 0.25) is 0 Å². The highest BCUT2D eigenvalue weighted by Crippen LogP contribution is 2.03. The maximum atomic E-state index is 10.8. The Labute approximate surface area is 89.7 Å². The van der Waals surface area contributed by atoms with Crippen LogP contribution in [0, 0.1) is 12.3 Å². The molecule has 0 aromatic rings. The number of carbonyl (C=O) groups is 1. The van der Waals surface area contributed by atoms with Crippen LogP contribution in [0.15, 0.2) is 0 Å². The molecule has 0 saturated carbocycles. The van der Waals surface area contributed by atoms with E-state index in [1.165, 1.54) is 7.11 Å². The summed E-state index contributed by atoms with van der Waals surface area (Å²) in [6, 6.07) is 0. The van der Waals surface area contributed by atoms with Gasteiger partial charge in [0.25, 0.3) is 0 Å². The topological polar surface area (TPSA) is 50.8 Å². The first-order valence-electron chi connectivity index (χ1n) is 4.85. The lowest BCUT2D eigenvalue weighted by Crippen LogP contribution is -2.47. The van der Waals surface area contributed by atoms with Crippen LogP contribution in [-0.2, 0) is 9.47 Å². The molecule has 1 fully saturated rings. The Morgan fingerprint density at radius 2 is 2.60 bits per heavy atom. The maximum absolute atomic E-state index is 10.8. The Balaban J connectivity index is 2.24. The van der Waals surface area contributed by atoms with Crippen molar-refractivity contribution in [1.82, 2.24) is 10.2 Å². The lowest BCUT2D eigenvalue weighted by atomic mass is 10.2. The SMILES string of the molecule is C#CCN1CCOC(CNC(=O)OC)C1. The second-order valence-electron chi connectivity index (χ2n) is 3.30. The minimum absolute atomic E-state index is 0.00815. The number of amides is 1. The lowest BCUT2D eigenvalue weighted by Gasteiger charge is -2.31. The van der Waals surface area contributed by atoms with Crippen molar-refractivity contribution in [2.75, 3.05) is 39.9 Å². The van der Waals surface area contributed by atoms with E-state index >= 15 is 0 Å². The van der Waals surface area contributed by atoms with E-state index in [4.69, 9.17) is 11.2 Å². The number of hydrogen-bond donors (Lipinski definition) is 1. The van der Waals surface area contributed by atoms with Gasteiger partial charge in [-0.05, 0) is 0 Å². The van der Waals surface area contributed by atoms with E-state index < -0.39 is 6.09 Å². The fraction of sp³-hybridized carbons (Fsp3) is 0.700. The van der Waals surface area contributed by atoms with Gasteiger partial charge in [-0.1, -0.05) is 5.92 Å². The van der Waals surface area contributed by atoms with Gasteiger partial charge in [0, 0.05) is 19.6 Å². The molecule has 1 atom stereocenters. The van der Waals surface area contributed by atoms with Crippen molar-refractivity contribution >= 4 is 6.09 Å². The number of hydrogen-bond acceptors (Lipinski definition) is 4. The number of terminal acetylenes is 1. The lowest BCUT2D eigenvalue weighted by molar-refractivity contribution is -0.0221. The highest BCUT2D eigenvalue weighted by molar-refractivity contribution is 5.66. The first kappa shape index (κ1) is 11.8. The second-order valence-corrected chi connectivity index (χ2v) is 3.30. The minimum atomic E-state index is -0.437. The van der Waals surface area contributed by atoms with Crippen molar-refractivity contribution in [3.63, 3.8) is 0 Å². The Morgan fingerprint density at radius 3 is 3.27 bits per heavy atom. The van der Waals surface area contributed by atoms with Crippen LogP contribution < -0.4 is 5.32 Å². The number of alkyl carbamates (subject to hydrolysis) is 1. The third kappa shape index (κ3) is 4.19. The first-order chi connectivity index (χ1) is 7.26. The van der Waals surface area contributed by atoms with Crippen LogP contribution in [0.1, 0.15) is 0 Å². The Hall–Kier alpha value is -1.25. The van der Waals surface area contributed by atoms with Crippen LogP contribution in [0.4, 0.5) is 4.79 Å².